The van der Waals surface area contributed by atoms with E-state index in [9.17, 15) is 5.11 Å². The van der Waals surface area contributed by atoms with Crippen molar-refractivity contribution in [1.82, 2.24) is 10.1 Å². The fraction of sp³-hybridized carbons (Fsp3) is 0.467. The molecule has 20 heavy (non-hydrogen) atoms. The summed E-state index contributed by atoms with van der Waals surface area (Å²) >= 11 is 1.92. The summed E-state index contributed by atoms with van der Waals surface area (Å²) in [6, 6.07) is 5.40. The fourth-order valence-electron chi connectivity index (χ4n) is 2.42. The Morgan fingerprint density at radius 2 is 2.15 bits per heavy atom. The largest absolute Gasteiger partial charge is 0.508 e. The van der Waals surface area contributed by atoms with Crippen LogP contribution in [0.4, 0.5) is 0 Å². The van der Waals surface area contributed by atoms with Crippen LogP contribution in [-0.4, -0.2) is 20.5 Å². The van der Waals surface area contributed by atoms with Gasteiger partial charge in [-0.2, -0.15) is 16.7 Å². The third-order valence-corrected chi connectivity index (χ3v) is 5.04. The van der Waals surface area contributed by atoms with Crippen LogP contribution in [0.3, 0.4) is 0 Å². The molecule has 1 aromatic carbocycles. The summed E-state index contributed by atoms with van der Waals surface area (Å²) in [7, 11) is 0. The van der Waals surface area contributed by atoms with E-state index in [1.165, 1.54) is 25.7 Å². The smallest absolute Gasteiger partial charge is 0.258 e. The Balaban J connectivity index is 1.67. The summed E-state index contributed by atoms with van der Waals surface area (Å²) in [6.45, 7) is 1.86. The highest BCUT2D eigenvalue weighted by Gasteiger charge is 2.17. The molecule has 0 bridgehead atoms. The average Bonchev–Trinajstić information content (AvgIpc) is 3.10. The van der Waals surface area contributed by atoms with Crippen LogP contribution in [0, 0.1) is 6.92 Å². The lowest BCUT2D eigenvalue weighted by molar-refractivity contribution is 0.424. The van der Waals surface area contributed by atoms with Crippen molar-refractivity contribution in [2.45, 2.75) is 43.6 Å². The van der Waals surface area contributed by atoms with Gasteiger partial charge in [0, 0.05) is 10.8 Å². The maximum absolute atomic E-state index is 9.72. The average molecular weight is 290 g/mol. The lowest BCUT2D eigenvalue weighted by Gasteiger charge is -2.04. The monoisotopic (exact) mass is 290 g/mol. The molecule has 0 atom stereocenters. The molecule has 0 saturated heterocycles. The van der Waals surface area contributed by atoms with E-state index >= 15 is 0 Å². The van der Waals surface area contributed by atoms with Crippen molar-refractivity contribution >= 4 is 11.8 Å². The van der Waals surface area contributed by atoms with Gasteiger partial charge in [0.15, 0.2) is 5.82 Å². The number of phenolic OH excluding ortho intramolecular Hbond substituents is 1. The lowest BCUT2D eigenvalue weighted by Crippen LogP contribution is -1.95. The molecule has 1 saturated carbocycles. The number of thioether (sulfide) groups is 1. The van der Waals surface area contributed by atoms with Gasteiger partial charge < -0.3 is 9.63 Å². The Labute approximate surface area is 122 Å². The normalized spacial score (nSPS) is 15.8. The quantitative estimate of drug-likeness (QED) is 0.924. The maximum Gasteiger partial charge on any atom is 0.258 e. The van der Waals surface area contributed by atoms with Crippen molar-refractivity contribution in [3.05, 3.63) is 29.6 Å². The molecule has 1 heterocycles. The number of aromatic nitrogens is 2. The molecular formula is C15H18N2O2S. The van der Waals surface area contributed by atoms with Gasteiger partial charge in [0.2, 0.25) is 0 Å². The molecule has 1 aliphatic rings. The molecule has 0 aliphatic heterocycles. The van der Waals surface area contributed by atoms with Crippen LogP contribution < -0.4 is 0 Å². The summed E-state index contributed by atoms with van der Waals surface area (Å²) in [5.41, 5.74) is 1.60. The Hall–Kier alpha value is -1.49. The third-order valence-electron chi connectivity index (χ3n) is 3.67. The van der Waals surface area contributed by atoms with Crippen molar-refractivity contribution < 1.29 is 9.63 Å². The number of benzene rings is 1. The number of phenols is 1. The van der Waals surface area contributed by atoms with Gasteiger partial charge >= 0.3 is 0 Å². The number of nitrogens with zero attached hydrogens (tertiary/aromatic N) is 2. The second kappa shape index (κ2) is 5.87. The molecule has 0 amide bonds. The number of rotatable bonds is 4. The zero-order valence-corrected chi connectivity index (χ0v) is 12.3. The van der Waals surface area contributed by atoms with Crippen molar-refractivity contribution in [3.63, 3.8) is 0 Å². The van der Waals surface area contributed by atoms with E-state index in [2.05, 4.69) is 10.1 Å². The Bertz CT molecular complexity index is 591. The van der Waals surface area contributed by atoms with Gasteiger partial charge in [0.1, 0.15) is 5.75 Å². The van der Waals surface area contributed by atoms with Gasteiger partial charge in [-0.1, -0.05) is 24.1 Å². The first-order valence-corrected chi connectivity index (χ1v) is 8.01. The van der Waals surface area contributed by atoms with E-state index in [-0.39, 0.29) is 5.75 Å². The topological polar surface area (TPSA) is 59.2 Å². The summed E-state index contributed by atoms with van der Waals surface area (Å²) in [5.74, 6) is 2.26. The lowest BCUT2D eigenvalue weighted by atomic mass is 10.1. The minimum Gasteiger partial charge on any atom is -0.508 e. The summed E-state index contributed by atoms with van der Waals surface area (Å²) < 4.78 is 5.28. The van der Waals surface area contributed by atoms with Gasteiger partial charge in [-0.25, -0.2) is 0 Å². The zero-order valence-electron chi connectivity index (χ0n) is 11.5. The molecule has 1 aromatic heterocycles. The fourth-order valence-corrected chi connectivity index (χ4v) is 3.59. The van der Waals surface area contributed by atoms with Gasteiger partial charge in [0.05, 0.1) is 5.75 Å². The van der Waals surface area contributed by atoms with Gasteiger partial charge in [-0.15, -0.1) is 0 Å². The Morgan fingerprint density at radius 1 is 1.35 bits per heavy atom. The van der Waals surface area contributed by atoms with Crippen molar-refractivity contribution in [3.8, 4) is 17.2 Å². The molecule has 106 valence electrons. The van der Waals surface area contributed by atoms with Gasteiger partial charge in [0.25, 0.3) is 5.89 Å². The molecule has 1 fully saturated rings. The van der Waals surface area contributed by atoms with Crippen LogP contribution >= 0.6 is 11.8 Å². The first-order valence-electron chi connectivity index (χ1n) is 6.96. The van der Waals surface area contributed by atoms with E-state index in [1.54, 1.807) is 6.07 Å². The maximum atomic E-state index is 9.72. The number of aryl methyl sites for hydroxylation is 1. The molecule has 1 aliphatic carbocycles. The minimum absolute atomic E-state index is 0.252. The molecule has 1 N–H and O–H groups in total. The van der Waals surface area contributed by atoms with Crippen LogP contribution in [0.15, 0.2) is 22.7 Å². The van der Waals surface area contributed by atoms with Crippen LogP contribution in [0.1, 0.15) is 37.1 Å². The molecule has 0 spiro atoms. The molecule has 0 radical (unpaired) electrons. The second-order valence-electron chi connectivity index (χ2n) is 5.23. The van der Waals surface area contributed by atoms with E-state index in [0.717, 1.165) is 28.0 Å². The van der Waals surface area contributed by atoms with Crippen LogP contribution in [0.25, 0.3) is 11.5 Å². The third kappa shape index (κ3) is 2.98. The van der Waals surface area contributed by atoms with Gasteiger partial charge in [-0.3, -0.25) is 0 Å². The summed E-state index contributed by atoms with van der Waals surface area (Å²) in [6.07, 6.45) is 5.30. The highest BCUT2D eigenvalue weighted by molar-refractivity contribution is 7.99. The number of hydrogen-bond donors (Lipinski definition) is 1. The predicted octanol–water partition coefficient (Wildman–Crippen LogP) is 3.93. The highest BCUT2D eigenvalue weighted by atomic mass is 32.2. The van der Waals surface area contributed by atoms with Crippen molar-refractivity contribution in [2.75, 3.05) is 0 Å². The van der Waals surface area contributed by atoms with Crippen LogP contribution in [-0.2, 0) is 5.75 Å². The van der Waals surface area contributed by atoms with Crippen LogP contribution in [0.2, 0.25) is 0 Å². The summed E-state index contributed by atoms with van der Waals surface area (Å²) in [4.78, 5) is 4.40. The second-order valence-corrected chi connectivity index (χ2v) is 6.52. The first kappa shape index (κ1) is 13.5. The van der Waals surface area contributed by atoms with E-state index < -0.39 is 0 Å². The standard InChI is InChI=1S/C15H18N2O2S/c1-10-6-7-11(8-13(10)18)15-16-14(17-19-15)9-20-12-4-2-3-5-12/h6-8,12,18H,2-5,9H2,1H3. The number of aromatic hydroxyl groups is 1. The van der Waals surface area contributed by atoms with Crippen molar-refractivity contribution in [2.24, 2.45) is 0 Å². The molecule has 0 unspecified atom stereocenters. The van der Waals surface area contributed by atoms with Crippen molar-refractivity contribution in [1.29, 1.82) is 0 Å². The van der Waals surface area contributed by atoms with E-state index in [4.69, 9.17) is 4.52 Å². The number of hydrogen-bond acceptors (Lipinski definition) is 5. The predicted molar refractivity (Wildman–Crippen MR) is 79.7 cm³/mol. The Morgan fingerprint density at radius 3 is 2.90 bits per heavy atom. The molecular weight excluding hydrogens is 272 g/mol. The first-order chi connectivity index (χ1) is 9.72. The highest BCUT2D eigenvalue weighted by Crippen LogP contribution is 2.31. The molecule has 4 nitrogen and oxygen atoms in total. The van der Waals surface area contributed by atoms with E-state index in [0.29, 0.717) is 5.89 Å². The Kier molecular flexibility index (Phi) is 3.96. The molecule has 2 aromatic rings. The zero-order chi connectivity index (χ0) is 13.9. The minimum atomic E-state index is 0.252. The van der Waals surface area contributed by atoms with Crippen LogP contribution in [0.5, 0.6) is 5.75 Å². The molecule has 3 rings (SSSR count). The summed E-state index contributed by atoms with van der Waals surface area (Å²) in [5, 5.41) is 14.5. The SMILES string of the molecule is Cc1ccc(-c2nc(CSC3CCCC3)no2)cc1O. The van der Waals surface area contributed by atoms with E-state index in [1.807, 2.05) is 30.8 Å². The van der Waals surface area contributed by atoms with Gasteiger partial charge in [-0.05, 0) is 37.5 Å². The molecule has 5 heteroatoms.